The van der Waals surface area contributed by atoms with Gasteiger partial charge in [0.25, 0.3) is 0 Å². The molecule has 2 heterocycles. The highest BCUT2D eigenvalue weighted by Gasteiger charge is 2.51. The summed E-state index contributed by atoms with van der Waals surface area (Å²) >= 11 is 0. The van der Waals surface area contributed by atoms with Gasteiger partial charge in [-0.25, -0.2) is 0 Å². The van der Waals surface area contributed by atoms with E-state index in [0.29, 0.717) is 12.8 Å². The van der Waals surface area contributed by atoms with Crippen LogP contribution in [0.2, 0.25) is 0 Å². The number of rotatable bonds is 50. The minimum Gasteiger partial charge on any atom is -0.394 e. The van der Waals surface area contributed by atoms with Crippen molar-refractivity contribution in [3.63, 3.8) is 0 Å². The fraction of sp³-hybridized carbons (Fsp3) is 0.918. The molecule has 0 aromatic carbocycles. The van der Waals surface area contributed by atoms with E-state index in [-0.39, 0.29) is 18.9 Å². The first-order valence-electron chi connectivity index (χ1n) is 31.1. The summed E-state index contributed by atoms with van der Waals surface area (Å²) in [7, 11) is 0. The van der Waals surface area contributed by atoms with Crippen LogP contribution in [0.5, 0.6) is 0 Å². The maximum Gasteiger partial charge on any atom is 0.220 e. The molecule has 0 spiro atoms. The molecule has 0 aromatic heterocycles. The van der Waals surface area contributed by atoms with Crippen molar-refractivity contribution in [2.75, 3.05) is 19.8 Å². The van der Waals surface area contributed by atoms with E-state index >= 15 is 0 Å². The van der Waals surface area contributed by atoms with Gasteiger partial charge in [-0.05, 0) is 32.1 Å². The lowest BCUT2D eigenvalue weighted by Gasteiger charge is -2.46. The standard InChI is InChI=1S/C61H115NO13/c1-3-5-7-9-11-13-15-17-19-20-21-22-23-24-25-26-27-28-29-31-33-35-37-39-41-43-45-53(66)62-49(50(65)44-42-40-38-36-34-32-30-18-16-14-12-10-8-6-4-2)48-72-60-58(71)56(69)59(52(47-64)74-60)75-61-57(70)55(68)54(67)51(46-63)73-61/h34,36,42,44,49-52,54-61,63-65,67-71H,3-33,35,37-41,43,45-48H2,1-2H3,(H,62,66)/b36-34+,44-42+. The highest BCUT2D eigenvalue weighted by molar-refractivity contribution is 5.76. The third kappa shape index (κ3) is 33.0. The van der Waals surface area contributed by atoms with Gasteiger partial charge < -0.3 is 65.1 Å². The number of carbonyl (C=O) groups excluding carboxylic acids is 1. The molecule has 0 saturated carbocycles. The van der Waals surface area contributed by atoms with Crippen LogP contribution in [0, 0.1) is 0 Å². The number of ether oxygens (including phenoxy) is 4. The number of carbonyl (C=O) groups is 1. The van der Waals surface area contributed by atoms with Crippen LogP contribution in [0.25, 0.3) is 0 Å². The molecule has 14 heteroatoms. The zero-order valence-corrected chi connectivity index (χ0v) is 47.6. The molecule has 2 rings (SSSR count). The van der Waals surface area contributed by atoms with Crippen molar-refractivity contribution >= 4 is 5.91 Å². The van der Waals surface area contributed by atoms with Crippen molar-refractivity contribution in [1.29, 1.82) is 0 Å². The largest absolute Gasteiger partial charge is 0.394 e. The summed E-state index contributed by atoms with van der Waals surface area (Å²) in [6, 6.07) is -0.927. The van der Waals surface area contributed by atoms with Gasteiger partial charge >= 0.3 is 0 Å². The van der Waals surface area contributed by atoms with Gasteiger partial charge in [0.05, 0.1) is 32.0 Å². The topological polar surface area (TPSA) is 228 Å². The van der Waals surface area contributed by atoms with Crippen molar-refractivity contribution in [3.05, 3.63) is 24.3 Å². The van der Waals surface area contributed by atoms with E-state index in [1.165, 1.54) is 199 Å². The molecule has 12 atom stereocenters. The number of nitrogens with one attached hydrogen (secondary N) is 1. The smallest absolute Gasteiger partial charge is 0.220 e. The molecule has 2 saturated heterocycles. The van der Waals surface area contributed by atoms with Crippen LogP contribution in [0.1, 0.15) is 264 Å². The summed E-state index contributed by atoms with van der Waals surface area (Å²) in [5, 5.41) is 87.1. The summed E-state index contributed by atoms with van der Waals surface area (Å²) in [6.07, 6.45) is 39.5. The lowest BCUT2D eigenvalue weighted by molar-refractivity contribution is -0.359. The van der Waals surface area contributed by atoms with Crippen molar-refractivity contribution in [3.8, 4) is 0 Å². The Balaban J connectivity index is 1.71. The van der Waals surface area contributed by atoms with Crippen molar-refractivity contribution < 1.29 is 64.6 Å². The first-order chi connectivity index (χ1) is 36.6. The van der Waals surface area contributed by atoms with Gasteiger partial charge in [-0.15, -0.1) is 0 Å². The molecule has 9 N–H and O–H groups in total. The maximum absolute atomic E-state index is 13.3. The average Bonchev–Trinajstić information content (AvgIpc) is 3.41. The minimum atomic E-state index is -1.79. The summed E-state index contributed by atoms with van der Waals surface area (Å²) in [4.78, 5) is 13.3. The number of aliphatic hydroxyl groups is 8. The Morgan fingerprint density at radius 1 is 0.467 bits per heavy atom. The molecule has 2 aliphatic heterocycles. The van der Waals surface area contributed by atoms with Crippen LogP contribution >= 0.6 is 0 Å². The molecule has 12 unspecified atom stereocenters. The Labute approximate surface area is 456 Å². The van der Waals surface area contributed by atoms with Gasteiger partial charge in [0.2, 0.25) is 5.91 Å². The van der Waals surface area contributed by atoms with Crippen LogP contribution < -0.4 is 5.32 Å². The second-order valence-corrected chi connectivity index (χ2v) is 22.2. The molecule has 14 nitrogen and oxygen atoms in total. The van der Waals surface area contributed by atoms with Gasteiger partial charge in [-0.2, -0.15) is 0 Å². The molecule has 442 valence electrons. The number of aliphatic hydroxyl groups excluding tert-OH is 8. The molecule has 1 amide bonds. The summed E-state index contributed by atoms with van der Waals surface area (Å²) in [5.74, 6) is -0.244. The molecule has 0 aromatic rings. The third-order valence-electron chi connectivity index (χ3n) is 15.4. The van der Waals surface area contributed by atoms with E-state index in [2.05, 4.69) is 31.3 Å². The molecule has 75 heavy (non-hydrogen) atoms. The van der Waals surface area contributed by atoms with Crippen LogP contribution in [-0.4, -0.2) is 140 Å². The van der Waals surface area contributed by atoms with E-state index in [4.69, 9.17) is 18.9 Å². The fourth-order valence-corrected chi connectivity index (χ4v) is 10.4. The molecule has 0 radical (unpaired) electrons. The predicted octanol–water partition coefficient (Wildman–Crippen LogP) is 10.8. The molecule has 0 aliphatic carbocycles. The van der Waals surface area contributed by atoms with Crippen LogP contribution in [0.4, 0.5) is 0 Å². The van der Waals surface area contributed by atoms with Gasteiger partial charge in [0.1, 0.15) is 48.8 Å². The van der Waals surface area contributed by atoms with Gasteiger partial charge in [0.15, 0.2) is 12.6 Å². The van der Waals surface area contributed by atoms with Crippen molar-refractivity contribution in [2.45, 2.75) is 338 Å². The second kappa shape index (κ2) is 47.3. The van der Waals surface area contributed by atoms with E-state index in [1.54, 1.807) is 6.08 Å². The molecule has 2 fully saturated rings. The number of amides is 1. The Bertz CT molecular complexity index is 1350. The summed E-state index contributed by atoms with van der Waals surface area (Å²) < 4.78 is 22.8. The number of allylic oxidation sites excluding steroid dienone is 3. The van der Waals surface area contributed by atoms with Gasteiger partial charge in [-0.1, -0.05) is 250 Å². The third-order valence-corrected chi connectivity index (χ3v) is 15.4. The normalized spacial score (nSPS) is 25.1. The fourth-order valence-electron chi connectivity index (χ4n) is 10.4. The van der Waals surface area contributed by atoms with Crippen LogP contribution in [0.3, 0.4) is 0 Å². The van der Waals surface area contributed by atoms with Crippen molar-refractivity contribution in [2.24, 2.45) is 0 Å². The summed E-state index contributed by atoms with van der Waals surface area (Å²) in [5.41, 5.74) is 0. The molecular weight excluding hydrogens is 955 g/mol. The maximum atomic E-state index is 13.3. The highest BCUT2D eigenvalue weighted by Crippen LogP contribution is 2.30. The van der Waals surface area contributed by atoms with E-state index in [0.717, 1.165) is 32.1 Å². The monoisotopic (exact) mass is 1070 g/mol. The van der Waals surface area contributed by atoms with Gasteiger partial charge in [0, 0.05) is 6.42 Å². The first-order valence-corrected chi connectivity index (χ1v) is 31.1. The quantitative estimate of drug-likeness (QED) is 0.0204. The molecular formula is C61H115NO13. The lowest BCUT2D eigenvalue weighted by atomic mass is 9.97. The van der Waals surface area contributed by atoms with Crippen molar-refractivity contribution in [1.82, 2.24) is 5.32 Å². The second-order valence-electron chi connectivity index (χ2n) is 22.2. The zero-order valence-electron chi connectivity index (χ0n) is 47.6. The Hall–Kier alpha value is -1.53. The highest BCUT2D eigenvalue weighted by atomic mass is 16.7. The molecule has 0 bridgehead atoms. The van der Waals surface area contributed by atoms with Crippen LogP contribution in [0.15, 0.2) is 24.3 Å². The van der Waals surface area contributed by atoms with Gasteiger partial charge in [-0.3, -0.25) is 4.79 Å². The number of hydrogen-bond acceptors (Lipinski definition) is 13. The zero-order chi connectivity index (χ0) is 54.6. The molecule has 2 aliphatic rings. The van der Waals surface area contributed by atoms with E-state index in [1.807, 2.05) is 6.08 Å². The first kappa shape index (κ1) is 69.6. The minimum absolute atomic E-state index is 0.244. The Morgan fingerprint density at radius 2 is 0.853 bits per heavy atom. The number of hydrogen-bond donors (Lipinski definition) is 9. The number of unbranched alkanes of at least 4 members (excludes halogenated alkanes) is 35. The lowest BCUT2D eigenvalue weighted by Crippen LogP contribution is -2.65. The SMILES string of the molecule is CCCCCCCCCCC/C=C/CC/C=C/C(O)C(COC1OC(CO)C(OC2OC(CO)C(O)C(O)C2O)C(O)C1O)NC(=O)CCCCCCCCCCCCCCCCCCCCCCCCCCCC. The Kier molecular flexibility index (Phi) is 43.9. The average molecular weight is 1070 g/mol. The predicted molar refractivity (Wildman–Crippen MR) is 300 cm³/mol. The van der Waals surface area contributed by atoms with E-state index < -0.39 is 86.8 Å². The van der Waals surface area contributed by atoms with E-state index in [9.17, 15) is 45.6 Å². The Morgan fingerprint density at radius 3 is 1.31 bits per heavy atom. The van der Waals surface area contributed by atoms with Crippen LogP contribution in [-0.2, 0) is 23.7 Å². The summed E-state index contributed by atoms with van der Waals surface area (Å²) in [6.45, 7) is 2.80.